The molecule has 0 aliphatic carbocycles. The minimum atomic E-state index is -2.63. The van der Waals surface area contributed by atoms with Gasteiger partial charge in [0.25, 0.3) is 12.0 Å². The first kappa shape index (κ1) is 20.9. The highest BCUT2D eigenvalue weighted by atomic mass is 79.9. The van der Waals surface area contributed by atoms with Gasteiger partial charge >= 0.3 is 0 Å². The van der Waals surface area contributed by atoms with Crippen molar-refractivity contribution in [1.82, 2.24) is 14.8 Å². The molecule has 1 aliphatic rings. The molecule has 0 fully saturated rings. The molecule has 0 saturated carbocycles. The zero-order chi connectivity index (χ0) is 22.2. The van der Waals surface area contributed by atoms with E-state index in [-0.39, 0.29) is 17.0 Å². The number of halogens is 3. The van der Waals surface area contributed by atoms with Crippen LogP contribution >= 0.6 is 27.7 Å². The van der Waals surface area contributed by atoms with Gasteiger partial charge in [-0.25, -0.2) is 13.8 Å². The minimum absolute atomic E-state index is 0.00937. The summed E-state index contributed by atoms with van der Waals surface area (Å²) < 4.78 is 32.5. The Bertz CT molecular complexity index is 1380. The van der Waals surface area contributed by atoms with Crippen LogP contribution in [-0.2, 0) is 0 Å². The van der Waals surface area contributed by atoms with E-state index in [2.05, 4.69) is 31.3 Å². The summed E-state index contributed by atoms with van der Waals surface area (Å²) in [7, 11) is 0. The number of benzene rings is 2. The number of pyridine rings is 1. The van der Waals surface area contributed by atoms with Crippen LogP contribution in [0.4, 0.5) is 14.5 Å². The van der Waals surface area contributed by atoms with Gasteiger partial charge in [0.05, 0.1) is 17.1 Å². The number of alkyl halides is 2. The maximum Gasteiger partial charge on any atom is 0.281 e. The average molecular weight is 517 g/mol. The van der Waals surface area contributed by atoms with Crippen molar-refractivity contribution in [1.29, 1.82) is 0 Å². The van der Waals surface area contributed by atoms with Crippen LogP contribution < -0.4 is 15.6 Å². The lowest BCUT2D eigenvalue weighted by Crippen LogP contribution is -2.23. The highest BCUT2D eigenvalue weighted by Crippen LogP contribution is 2.35. The van der Waals surface area contributed by atoms with E-state index in [9.17, 15) is 13.6 Å². The van der Waals surface area contributed by atoms with Crippen LogP contribution in [0.1, 0.15) is 0 Å². The van der Waals surface area contributed by atoms with Crippen molar-refractivity contribution in [3.63, 3.8) is 0 Å². The van der Waals surface area contributed by atoms with E-state index in [1.54, 1.807) is 30.0 Å². The van der Waals surface area contributed by atoms with Crippen LogP contribution in [0, 0.1) is 0 Å². The third-order valence-electron chi connectivity index (χ3n) is 4.89. The molecular weight excluding hydrogens is 502 g/mol. The summed E-state index contributed by atoms with van der Waals surface area (Å²) in [6.45, 7) is -0.780. The number of fused-ring (bicyclic) bond motifs is 2. The van der Waals surface area contributed by atoms with Crippen LogP contribution in [0.2, 0.25) is 0 Å². The lowest BCUT2D eigenvalue weighted by molar-refractivity contribution is 0.0798. The molecule has 4 aromatic rings. The molecule has 0 radical (unpaired) electrons. The number of rotatable bonds is 5. The summed E-state index contributed by atoms with van der Waals surface area (Å²) in [4.78, 5) is 19.0. The molecule has 6 nitrogen and oxygen atoms in total. The second kappa shape index (κ2) is 8.51. The van der Waals surface area contributed by atoms with Crippen molar-refractivity contribution < 1.29 is 13.5 Å². The van der Waals surface area contributed by atoms with Crippen LogP contribution in [0.5, 0.6) is 5.88 Å². The van der Waals surface area contributed by atoms with Crippen molar-refractivity contribution in [2.24, 2.45) is 0 Å². The molecule has 5 rings (SSSR count). The summed E-state index contributed by atoms with van der Waals surface area (Å²) in [5.41, 5.74) is 2.96. The third kappa shape index (κ3) is 3.95. The van der Waals surface area contributed by atoms with Gasteiger partial charge in [-0.2, -0.15) is 9.78 Å². The molecule has 162 valence electrons. The molecule has 0 bridgehead atoms. The van der Waals surface area contributed by atoms with Gasteiger partial charge in [-0.15, -0.1) is 11.8 Å². The lowest BCUT2D eigenvalue weighted by Gasteiger charge is -2.13. The van der Waals surface area contributed by atoms with E-state index in [4.69, 9.17) is 4.74 Å². The topological polar surface area (TPSA) is 69.0 Å². The van der Waals surface area contributed by atoms with Gasteiger partial charge in [-0.1, -0.05) is 28.1 Å². The maximum atomic E-state index is 13.6. The van der Waals surface area contributed by atoms with Crippen LogP contribution in [0.25, 0.3) is 27.8 Å². The van der Waals surface area contributed by atoms with E-state index in [0.717, 1.165) is 20.9 Å². The van der Waals surface area contributed by atoms with Gasteiger partial charge in [0.15, 0.2) is 6.61 Å². The first-order chi connectivity index (χ1) is 15.5. The maximum absolute atomic E-state index is 13.6. The Kier molecular flexibility index (Phi) is 5.56. The van der Waals surface area contributed by atoms with Crippen molar-refractivity contribution in [3.8, 4) is 22.7 Å². The van der Waals surface area contributed by atoms with Gasteiger partial charge in [0.1, 0.15) is 11.0 Å². The lowest BCUT2D eigenvalue weighted by atomic mass is 10.1. The van der Waals surface area contributed by atoms with E-state index >= 15 is 0 Å². The van der Waals surface area contributed by atoms with Gasteiger partial charge in [0, 0.05) is 21.1 Å². The highest BCUT2D eigenvalue weighted by molar-refractivity contribution is 9.10. The summed E-state index contributed by atoms with van der Waals surface area (Å²) in [5.74, 6) is 0.781. The van der Waals surface area contributed by atoms with Crippen LogP contribution in [0.3, 0.4) is 0 Å². The van der Waals surface area contributed by atoms with Gasteiger partial charge in [-0.05, 0) is 42.0 Å². The summed E-state index contributed by atoms with van der Waals surface area (Å²) in [5, 5.41) is 7.77. The third-order valence-corrected chi connectivity index (χ3v) is 6.36. The first-order valence-electron chi connectivity index (χ1n) is 9.62. The average Bonchev–Trinajstić information content (AvgIpc) is 3.26. The number of aromatic nitrogens is 3. The Morgan fingerprint density at radius 1 is 1.16 bits per heavy atom. The standard InChI is InChI=1S/C22H15BrF2N4O2S/c23-13-3-1-12(2-4-13)20-21-16(7-8-19(27-21)31-10-18(24)25)28-29(22(20)30)14-5-6-15-17(9-14)32-11-26-15/h1-9,18,26H,10-11H2. The molecule has 0 atom stereocenters. The number of nitrogens with one attached hydrogen (secondary N) is 1. The Morgan fingerprint density at radius 2 is 1.97 bits per heavy atom. The number of anilines is 1. The molecule has 3 heterocycles. The zero-order valence-corrected chi connectivity index (χ0v) is 18.8. The fraction of sp³-hybridized carbons (Fsp3) is 0.136. The molecule has 0 amide bonds. The summed E-state index contributed by atoms with van der Waals surface area (Å²) >= 11 is 5.05. The Balaban J connectivity index is 1.73. The Morgan fingerprint density at radius 3 is 2.75 bits per heavy atom. The second-order valence-electron chi connectivity index (χ2n) is 6.96. The first-order valence-corrected chi connectivity index (χ1v) is 11.4. The summed E-state index contributed by atoms with van der Waals surface area (Å²) in [6, 6.07) is 16.0. The Labute approximate surface area is 193 Å². The van der Waals surface area contributed by atoms with Gasteiger partial charge < -0.3 is 10.1 Å². The molecule has 2 aromatic heterocycles. The smallest absolute Gasteiger partial charge is 0.281 e. The number of ether oxygens (including phenoxy) is 1. The zero-order valence-electron chi connectivity index (χ0n) is 16.4. The highest BCUT2D eigenvalue weighted by Gasteiger charge is 2.19. The minimum Gasteiger partial charge on any atom is -0.472 e. The molecule has 32 heavy (non-hydrogen) atoms. The van der Waals surface area contributed by atoms with E-state index < -0.39 is 13.0 Å². The molecule has 0 unspecified atom stereocenters. The molecule has 1 N–H and O–H groups in total. The van der Waals surface area contributed by atoms with Gasteiger partial charge in [-0.3, -0.25) is 4.79 Å². The number of hydrogen-bond donors (Lipinski definition) is 1. The second-order valence-corrected chi connectivity index (χ2v) is 8.90. The largest absolute Gasteiger partial charge is 0.472 e. The molecule has 0 spiro atoms. The fourth-order valence-electron chi connectivity index (χ4n) is 3.44. The van der Waals surface area contributed by atoms with E-state index in [0.29, 0.717) is 22.3 Å². The molecular formula is C22H15BrF2N4O2S. The van der Waals surface area contributed by atoms with E-state index in [1.165, 1.54) is 10.7 Å². The molecule has 0 saturated heterocycles. The van der Waals surface area contributed by atoms with Crippen molar-refractivity contribution in [2.45, 2.75) is 11.3 Å². The van der Waals surface area contributed by atoms with E-state index in [1.807, 2.05) is 30.3 Å². The predicted octanol–water partition coefficient (Wildman–Crippen LogP) is 5.33. The predicted molar refractivity (Wildman–Crippen MR) is 124 cm³/mol. The number of nitrogens with zero attached hydrogens (tertiary/aromatic N) is 3. The van der Waals surface area contributed by atoms with Crippen LogP contribution in [0.15, 0.2) is 68.8 Å². The SMILES string of the molecule is O=c1c(-c2ccc(Br)cc2)c2nc(OCC(F)F)ccc2nn1-c1ccc2c(c1)SCN2. The monoisotopic (exact) mass is 516 g/mol. The fourth-order valence-corrected chi connectivity index (χ4v) is 4.59. The molecule has 10 heteroatoms. The number of hydrogen-bond acceptors (Lipinski definition) is 6. The van der Waals surface area contributed by atoms with Crippen molar-refractivity contribution in [2.75, 3.05) is 17.8 Å². The summed E-state index contributed by atoms with van der Waals surface area (Å²) in [6.07, 6.45) is -2.63. The number of thioether (sulfide) groups is 1. The normalized spacial score (nSPS) is 12.8. The molecule has 2 aromatic carbocycles. The Hall–Kier alpha value is -2.98. The van der Waals surface area contributed by atoms with Crippen molar-refractivity contribution >= 4 is 44.4 Å². The van der Waals surface area contributed by atoms with Gasteiger partial charge in [0.2, 0.25) is 5.88 Å². The van der Waals surface area contributed by atoms with Crippen LogP contribution in [-0.4, -0.2) is 33.7 Å². The quantitative estimate of drug-likeness (QED) is 0.386. The molecule has 1 aliphatic heterocycles. The van der Waals surface area contributed by atoms with Crippen molar-refractivity contribution in [3.05, 3.63) is 69.4 Å².